The van der Waals surface area contributed by atoms with E-state index in [1.165, 1.54) is 17.6 Å². The highest BCUT2D eigenvalue weighted by Crippen LogP contribution is 2.26. The van der Waals surface area contributed by atoms with Crippen LogP contribution >= 0.6 is 22.9 Å². The zero-order chi connectivity index (χ0) is 22.9. The molecule has 2 heterocycles. The van der Waals surface area contributed by atoms with Crippen LogP contribution < -0.4 is 10.2 Å². The number of hydrogen-bond acceptors (Lipinski definition) is 7. The number of piperazine rings is 1. The van der Waals surface area contributed by atoms with Crippen molar-refractivity contribution in [3.8, 4) is 0 Å². The van der Waals surface area contributed by atoms with Gasteiger partial charge in [-0.2, -0.15) is 0 Å². The molecule has 4 rings (SSSR count). The smallest absolute Gasteiger partial charge is 0.273 e. The normalized spacial score (nSPS) is 14.5. The van der Waals surface area contributed by atoms with Crippen molar-refractivity contribution in [2.75, 3.05) is 42.7 Å². The second kappa shape index (κ2) is 9.09. The van der Waals surface area contributed by atoms with Crippen molar-refractivity contribution in [2.45, 2.75) is 11.8 Å². The maximum Gasteiger partial charge on any atom is 0.273 e. The molecule has 0 atom stereocenters. The molecule has 0 unspecified atom stereocenters. The molecule has 0 spiro atoms. The van der Waals surface area contributed by atoms with Crippen molar-refractivity contribution in [2.24, 2.45) is 0 Å². The van der Waals surface area contributed by atoms with Crippen molar-refractivity contribution < 1.29 is 13.2 Å². The van der Waals surface area contributed by atoms with Crippen molar-refractivity contribution >= 4 is 55.2 Å². The molecule has 3 aromatic rings. The monoisotopic (exact) mass is 490 g/mol. The standard InChI is InChI=1S/C22H23ClN4O3S2/c1-15-3-4-16(23)13-20(15)26-9-11-27(12-10-26)21(28)19-14-31-22(25-19)24-17-5-7-18(8-6-17)32(2,29)30/h3-8,13-14H,9-12H2,1-2H3,(H,24,25). The number of anilines is 3. The number of carbonyl (C=O) groups excluding carboxylic acids is 1. The zero-order valence-corrected chi connectivity index (χ0v) is 20.1. The van der Waals surface area contributed by atoms with Gasteiger partial charge >= 0.3 is 0 Å². The summed E-state index contributed by atoms with van der Waals surface area (Å²) in [6, 6.07) is 12.3. The van der Waals surface area contributed by atoms with Crippen molar-refractivity contribution in [1.82, 2.24) is 9.88 Å². The van der Waals surface area contributed by atoms with Crippen molar-refractivity contribution in [1.29, 1.82) is 0 Å². The van der Waals surface area contributed by atoms with E-state index in [1.807, 2.05) is 23.1 Å². The Hall–Kier alpha value is -2.62. The third-order valence-electron chi connectivity index (χ3n) is 5.34. The van der Waals surface area contributed by atoms with Crippen LogP contribution in [0.2, 0.25) is 5.02 Å². The van der Waals surface area contributed by atoms with Crippen LogP contribution in [-0.2, 0) is 9.84 Å². The number of benzene rings is 2. The second-order valence-corrected chi connectivity index (χ2v) is 11.0. The predicted octanol–water partition coefficient (Wildman–Crippen LogP) is 4.21. The average Bonchev–Trinajstić information content (AvgIpc) is 3.23. The lowest BCUT2D eigenvalue weighted by Crippen LogP contribution is -2.49. The van der Waals surface area contributed by atoms with Crippen LogP contribution in [0.5, 0.6) is 0 Å². The molecule has 0 saturated carbocycles. The Bertz CT molecular complexity index is 1230. The van der Waals surface area contributed by atoms with Crippen LogP contribution in [0.25, 0.3) is 0 Å². The number of rotatable bonds is 5. The summed E-state index contributed by atoms with van der Waals surface area (Å²) in [7, 11) is -3.24. The first-order valence-corrected chi connectivity index (χ1v) is 13.2. The van der Waals surface area contributed by atoms with Gasteiger partial charge in [0.2, 0.25) is 0 Å². The van der Waals surface area contributed by atoms with E-state index < -0.39 is 9.84 Å². The Kier molecular flexibility index (Phi) is 6.41. The number of nitrogens with one attached hydrogen (secondary N) is 1. The molecular formula is C22H23ClN4O3S2. The van der Waals surface area contributed by atoms with Gasteiger partial charge in [-0.05, 0) is 48.9 Å². The third kappa shape index (κ3) is 5.06. The van der Waals surface area contributed by atoms with Gasteiger partial charge < -0.3 is 15.1 Å². The summed E-state index contributed by atoms with van der Waals surface area (Å²) in [5.74, 6) is -0.0933. The molecule has 168 valence electrons. The van der Waals surface area contributed by atoms with Gasteiger partial charge in [0, 0.05) is 54.2 Å². The SMILES string of the molecule is Cc1ccc(Cl)cc1N1CCN(C(=O)c2csc(Nc3ccc(S(C)(=O)=O)cc3)n2)CC1. The lowest BCUT2D eigenvalue weighted by molar-refractivity contribution is 0.0742. The molecule has 10 heteroatoms. The van der Waals surface area contributed by atoms with Crippen LogP contribution in [0.4, 0.5) is 16.5 Å². The molecule has 2 aromatic carbocycles. The number of aryl methyl sites for hydroxylation is 1. The molecule has 1 N–H and O–H groups in total. The molecule has 1 aromatic heterocycles. The van der Waals surface area contributed by atoms with Gasteiger partial charge in [-0.25, -0.2) is 13.4 Å². The highest BCUT2D eigenvalue weighted by atomic mass is 35.5. The largest absolute Gasteiger partial charge is 0.368 e. The Morgan fingerprint density at radius 2 is 1.78 bits per heavy atom. The minimum atomic E-state index is -3.24. The summed E-state index contributed by atoms with van der Waals surface area (Å²) >= 11 is 7.49. The highest BCUT2D eigenvalue weighted by Gasteiger charge is 2.24. The Balaban J connectivity index is 1.37. The van der Waals surface area contributed by atoms with E-state index >= 15 is 0 Å². The van der Waals surface area contributed by atoms with Gasteiger partial charge in [-0.15, -0.1) is 11.3 Å². The van der Waals surface area contributed by atoms with Crippen LogP contribution in [0, 0.1) is 6.92 Å². The Morgan fingerprint density at radius 1 is 1.09 bits per heavy atom. The molecule has 1 fully saturated rings. The number of amides is 1. The quantitative estimate of drug-likeness (QED) is 0.576. The number of nitrogens with zero attached hydrogens (tertiary/aromatic N) is 3. The lowest BCUT2D eigenvalue weighted by atomic mass is 10.1. The maximum absolute atomic E-state index is 12.9. The minimum Gasteiger partial charge on any atom is -0.368 e. The van der Waals surface area contributed by atoms with E-state index in [1.54, 1.807) is 29.6 Å². The fourth-order valence-corrected chi connectivity index (χ4v) is 5.08. The predicted molar refractivity (Wildman–Crippen MR) is 129 cm³/mol. The molecule has 1 aliphatic heterocycles. The number of hydrogen-bond donors (Lipinski definition) is 1. The summed E-state index contributed by atoms with van der Waals surface area (Å²) in [5, 5.41) is 6.14. The van der Waals surface area contributed by atoms with E-state index in [-0.39, 0.29) is 10.8 Å². The molecule has 1 saturated heterocycles. The molecule has 7 nitrogen and oxygen atoms in total. The molecule has 0 radical (unpaired) electrons. The van der Waals surface area contributed by atoms with Gasteiger partial charge in [0.15, 0.2) is 15.0 Å². The summed E-state index contributed by atoms with van der Waals surface area (Å²) in [6.45, 7) is 4.74. The van der Waals surface area contributed by atoms with E-state index in [4.69, 9.17) is 11.6 Å². The highest BCUT2D eigenvalue weighted by molar-refractivity contribution is 7.90. The maximum atomic E-state index is 12.9. The van der Waals surface area contributed by atoms with E-state index in [0.717, 1.165) is 24.3 Å². The Morgan fingerprint density at radius 3 is 2.44 bits per heavy atom. The van der Waals surface area contributed by atoms with Crippen LogP contribution in [0.15, 0.2) is 52.7 Å². The third-order valence-corrected chi connectivity index (χ3v) is 7.46. The summed E-state index contributed by atoms with van der Waals surface area (Å²) < 4.78 is 23.2. The van der Waals surface area contributed by atoms with Crippen molar-refractivity contribution in [3.63, 3.8) is 0 Å². The van der Waals surface area contributed by atoms with Crippen LogP contribution in [0.3, 0.4) is 0 Å². The summed E-state index contributed by atoms with van der Waals surface area (Å²) in [4.78, 5) is 21.7. The van der Waals surface area contributed by atoms with Gasteiger partial charge in [-0.1, -0.05) is 17.7 Å². The molecule has 1 amide bonds. The first-order chi connectivity index (χ1) is 15.2. The van der Waals surface area contributed by atoms with E-state index in [0.29, 0.717) is 34.6 Å². The molecule has 32 heavy (non-hydrogen) atoms. The van der Waals surface area contributed by atoms with E-state index in [2.05, 4.69) is 22.1 Å². The van der Waals surface area contributed by atoms with Gasteiger partial charge in [0.1, 0.15) is 5.69 Å². The first-order valence-electron chi connectivity index (χ1n) is 10.0. The van der Waals surface area contributed by atoms with Crippen LogP contribution in [-0.4, -0.2) is 56.6 Å². The number of sulfone groups is 1. The number of aromatic nitrogens is 1. The van der Waals surface area contributed by atoms with Crippen molar-refractivity contribution in [3.05, 3.63) is 64.1 Å². The fourth-order valence-electron chi connectivity index (χ4n) is 3.57. The number of halogens is 1. The number of thiazole rings is 1. The molecule has 1 aliphatic rings. The Labute approximate surface area is 196 Å². The van der Waals surface area contributed by atoms with Gasteiger partial charge in [-0.3, -0.25) is 4.79 Å². The molecule has 0 aliphatic carbocycles. The summed E-state index contributed by atoms with van der Waals surface area (Å²) in [5.41, 5.74) is 3.37. The van der Waals surface area contributed by atoms with Gasteiger partial charge in [0.05, 0.1) is 4.90 Å². The molecule has 0 bridgehead atoms. The zero-order valence-electron chi connectivity index (χ0n) is 17.7. The lowest BCUT2D eigenvalue weighted by Gasteiger charge is -2.36. The average molecular weight is 491 g/mol. The molecular weight excluding hydrogens is 468 g/mol. The number of carbonyl (C=O) groups is 1. The van der Waals surface area contributed by atoms with Gasteiger partial charge in [0.25, 0.3) is 5.91 Å². The minimum absolute atomic E-state index is 0.0933. The summed E-state index contributed by atoms with van der Waals surface area (Å²) in [6.07, 6.45) is 1.17. The fraction of sp³-hybridized carbons (Fsp3) is 0.273. The first kappa shape index (κ1) is 22.6. The second-order valence-electron chi connectivity index (χ2n) is 7.67. The van der Waals surface area contributed by atoms with E-state index in [9.17, 15) is 13.2 Å². The topological polar surface area (TPSA) is 82.6 Å². The van der Waals surface area contributed by atoms with Crippen LogP contribution in [0.1, 0.15) is 16.1 Å².